The van der Waals surface area contributed by atoms with Crippen molar-refractivity contribution in [1.29, 1.82) is 0 Å². The van der Waals surface area contributed by atoms with Crippen LogP contribution in [0.4, 0.5) is 0 Å². The molecule has 1 atom stereocenters. The van der Waals surface area contributed by atoms with Crippen LogP contribution in [0.1, 0.15) is 52.2 Å². The van der Waals surface area contributed by atoms with Crippen molar-refractivity contribution in [3.8, 4) is 0 Å². The zero-order valence-electron chi connectivity index (χ0n) is 19.3. The highest BCUT2D eigenvalue weighted by atomic mass is 16.5. The van der Waals surface area contributed by atoms with Gasteiger partial charge in [-0.3, -0.25) is 14.5 Å². The van der Waals surface area contributed by atoms with Gasteiger partial charge in [-0.25, -0.2) is 0 Å². The molecule has 0 radical (unpaired) electrons. The highest BCUT2D eigenvalue weighted by Gasteiger charge is 2.42. The zero-order chi connectivity index (χ0) is 22.9. The van der Waals surface area contributed by atoms with Crippen LogP contribution in [0.5, 0.6) is 0 Å². The number of aryl methyl sites for hydroxylation is 2. The van der Waals surface area contributed by atoms with Crippen molar-refractivity contribution in [3.05, 3.63) is 80.7 Å². The summed E-state index contributed by atoms with van der Waals surface area (Å²) >= 11 is 0. The number of morpholine rings is 1. The van der Waals surface area contributed by atoms with Gasteiger partial charge in [-0.1, -0.05) is 42.8 Å². The molecule has 0 bridgehead atoms. The van der Waals surface area contributed by atoms with E-state index in [-0.39, 0.29) is 17.1 Å². The van der Waals surface area contributed by atoms with Crippen molar-refractivity contribution >= 4 is 16.9 Å². The fourth-order valence-electron chi connectivity index (χ4n) is 4.94. The van der Waals surface area contributed by atoms with Crippen LogP contribution in [-0.2, 0) is 11.2 Å². The second-order valence-corrected chi connectivity index (χ2v) is 8.98. The first-order valence-electron chi connectivity index (χ1n) is 11.8. The molecule has 0 aliphatic carbocycles. The molecule has 1 aromatic heterocycles. The van der Waals surface area contributed by atoms with E-state index in [1.165, 1.54) is 5.56 Å². The predicted octanol–water partition coefficient (Wildman–Crippen LogP) is 3.93. The fourth-order valence-corrected chi connectivity index (χ4v) is 4.94. The van der Waals surface area contributed by atoms with E-state index in [1.807, 2.05) is 36.1 Å². The average molecular weight is 447 g/mol. The topological polar surface area (TPSA) is 63.0 Å². The number of hydrogen-bond acceptors (Lipinski definition) is 5. The predicted molar refractivity (Wildman–Crippen MR) is 128 cm³/mol. The molecule has 6 heteroatoms. The molecule has 6 nitrogen and oxygen atoms in total. The zero-order valence-corrected chi connectivity index (χ0v) is 19.3. The van der Waals surface area contributed by atoms with Gasteiger partial charge in [0.05, 0.1) is 30.2 Å². The Morgan fingerprint density at radius 1 is 1.00 bits per heavy atom. The summed E-state index contributed by atoms with van der Waals surface area (Å²) in [7, 11) is 0. The molecule has 0 N–H and O–H groups in total. The van der Waals surface area contributed by atoms with Gasteiger partial charge in [-0.2, -0.15) is 0 Å². The summed E-state index contributed by atoms with van der Waals surface area (Å²) in [6.45, 7) is 8.88. The van der Waals surface area contributed by atoms with Crippen LogP contribution in [0.15, 0.2) is 51.7 Å². The lowest BCUT2D eigenvalue weighted by Crippen LogP contribution is -2.38. The third-order valence-electron chi connectivity index (χ3n) is 6.80. The van der Waals surface area contributed by atoms with Gasteiger partial charge in [-0.05, 0) is 43.0 Å². The van der Waals surface area contributed by atoms with Crippen molar-refractivity contribution in [3.63, 3.8) is 0 Å². The van der Waals surface area contributed by atoms with Crippen molar-refractivity contribution < 1.29 is 13.9 Å². The first-order chi connectivity index (χ1) is 16.1. The van der Waals surface area contributed by atoms with Crippen molar-refractivity contribution in [2.24, 2.45) is 0 Å². The number of nitrogens with zero attached hydrogens (tertiary/aromatic N) is 2. The lowest BCUT2D eigenvalue weighted by molar-refractivity contribution is 0.0353. The quantitative estimate of drug-likeness (QED) is 0.574. The normalized spacial score (nSPS) is 18.8. The van der Waals surface area contributed by atoms with Gasteiger partial charge in [0.15, 0.2) is 5.43 Å². The highest BCUT2D eigenvalue weighted by molar-refractivity contribution is 5.99. The molecule has 2 aromatic carbocycles. The standard InChI is InChI=1S/C27H30N2O4/c1-3-19-6-8-20(9-7-19)24-23-25(30)21-17-18(2)5-10-22(21)33-26(23)27(31)29(24)12-4-11-28-13-15-32-16-14-28/h5-10,17,24H,3-4,11-16H2,1-2H3/t24-/m1/s1. The largest absolute Gasteiger partial charge is 0.450 e. The maximum atomic E-state index is 13.6. The molecule has 1 amide bonds. The van der Waals surface area contributed by atoms with Crippen LogP contribution in [0, 0.1) is 6.92 Å². The Hall–Kier alpha value is -2.96. The van der Waals surface area contributed by atoms with Crippen molar-refractivity contribution in [1.82, 2.24) is 9.80 Å². The Labute approximate surface area is 193 Å². The first kappa shape index (κ1) is 21.9. The van der Waals surface area contributed by atoms with E-state index in [9.17, 15) is 9.59 Å². The lowest BCUT2D eigenvalue weighted by atomic mass is 9.97. The van der Waals surface area contributed by atoms with Gasteiger partial charge in [0, 0.05) is 26.2 Å². The van der Waals surface area contributed by atoms with E-state index < -0.39 is 6.04 Å². The van der Waals surface area contributed by atoms with Crippen LogP contribution in [0.3, 0.4) is 0 Å². The summed E-state index contributed by atoms with van der Waals surface area (Å²) in [6, 6.07) is 13.4. The monoisotopic (exact) mass is 446 g/mol. The highest BCUT2D eigenvalue weighted by Crippen LogP contribution is 2.38. The minimum atomic E-state index is -0.427. The molecule has 5 rings (SSSR count). The minimum absolute atomic E-state index is 0.108. The molecule has 0 unspecified atom stereocenters. The molecule has 2 aliphatic heterocycles. The number of carbonyl (C=O) groups is 1. The number of hydrogen-bond donors (Lipinski definition) is 0. The molecule has 0 saturated carbocycles. The summed E-state index contributed by atoms with van der Waals surface area (Å²) in [5.41, 5.74) is 3.99. The van der Waals surface area contributed by atoms with E-state index in [1.54, 1.807) is 6.07 Å². The molecule has 3 aromatic rings. The minimum Gasteiger partial charge on any atom is -0.450 e. The van der Waals surface area contributed by atoms with E-state index in [0.717, 1.165) is 56.8 Å². The van der Waals surface area contributed by atoms with Gasteiger partial charge in [0.1, 0.15) is 5.58 Å². The third kappa shape index (κ3) is 4.09. The van der Waals surface area contributed by atoms with E-state index in [2.05, 4.69) is 24.0 Å². The molecule has 0 spiro atoms. The van der Waals surface area contributed by atoms with Gasteiger partial charge in [0.25, 0.3) is 5.91 Å². The van der Waals surface area contributed by atoms with Gasteiger partial charge in [-0.15, -0.1) is 0 Å². The van der Waals surface area contributed by atoms with E-state index in [4.69, 9.17) is 9.15 Å². The molecule has 33 heavy (non-hydrogen) atoms. The van der Waals surface area contributed by atoms with Crippen LogP contribution in [0.25, 0.3) is 11.0 Å². The van der Waals surface area contributed by atoms with Gasteiger partial charge in [0.2, 0.25) is 5.76 Å². The summed E-state index contributed by atoms with van der Waals surface area (Å²) in [5, 5.41) is 0.534. The van der Waals surface area contributed by atoms with E-state index >= 15 is 0 Å². The molecular weight excluding hydrogens is 416 g/mol. The lowest BCUT2D eigenvalue weighted by Gasteiger charge is -2.29. The second-order valence-electron chi connectivity index (χ2n) is 8.98. The van der Waals surface area contributed by atoms with Crippen molar-refractivity contribution in [2.45, 2.75) is 32.7 Å². The van der Waals surface area contributed by atoms with Gasteiger partial charge >= 0.3 is 0 Å². The Kier molecular flexibility index (Phi) is 6.04. The Balaban J connectivity index is 1.53. The number of ether oxygens (including phenoxy) is 1. The Morgan fingerprint density at radius 3 is 2.48 bits per heavy atom. The molecule has 172 valence electrons. The van der Waals surface area contributed by atoms with Crippen LogP contribution in [-0.4, -0.2) is 55.1 Å². The van der Waals surface area contributed by atoms with Crippen LogP contribution < -0.4 is 5.43 Å². The molecule has 1 saturated heterocycles. The summed E-state index contributed by atoms with van der Waals surface area (Å²) in [6.07, 6.45) is 1.77. The maximum Gasteiger partial charge on any atom is 0.290 e. The smallest absolute Gasteiger partial charge is 0.290 e. The molecule has 2 aliphatic rings. The molecule has 1 fully saturated rings. The molecular formula is C27H30N2O4. The summed E-state index contributed by atoms with van der Waals surface area (Å²) in [5.74, 6) is -0.0107. The number of rotatable bonds is 6. The van der Waals surface area contributed by atoms with Crippen LogP contribution in [0.2, 0.25) is 0 Å². The first-order valence-corrected chi connectivity index (χ1v) is 11.8. The van der Waals surface area contributed by atoms with Crippen molar-refractivity contribution in [2.75, 3.05) is 39.4 Å². The number of fused-ring (bicyclic) bond motifs is 2. The second kappa shape index (κ2) is 9.12. The molecule has 3 heterocycles. The summed E-state index contributed by atoms with van der Waals surface area (Å²) in [4.78, 5) is 31.3. The number of benzene rings is 2. The average Bonchev–Trinajstić information content (AvgIpc) is 3.12. The fraction of sp³-hybridized carbons (Fsp3) is 0.407. The summed E-state index contributed by atoms with van der Waals surface area (Å²) < 4.78 is 11.5. The van der Waals surface area contributed by atoms with Gasteiger partial charge < -0.3 is 14.1 Å². The number of carbonyl (C=O) groups excluding carboxylic acids is 1. The van der Waals surface area contributed by atoms with Crippen LogP contribution >= 0.6 is 0 Å². The third-order valence-corrected chi connectivity index (χ3v) is 6.80. The number of amides is 1. The maximum absolute atomic E-state index is 13.6. The van der Waals surface area contributed by atoms with E-state index in [0.29, 0.717) is 23.1 Å². The Bertz CT molecular complexity index is 1230. The Morgan fingerprint density at radius 2 is 1.76 bits per heavy atom. The SMILES string of the molecule is CCc1ccc([C@@H]2c3c(oc4ccc(C)cc4c3=O)C(=O)N2CCCN2CCOCC2)cc1.